The van der Waals surface area contributed by atoms with Crippen LogP contribution in [0.25, 0.3) is 21.3 Å². The van der Waals surface area contributed by atoms with Crippen LogP contribution in [0.5, 0.6) is 5.75 Å². The molecule has 0 spiro atoms. The number of aromatic nitrogens is 2. The molecule has 1 unspecified atom stereocenters. The molecule has 0 aliphatic rings. The second-order valence-electron chi connectivity index (χ2n) is 6.86. The lowest BCUT2D eigenvalue weighted by Crippen LogP contribution is -2.23. The molecule has 31 heavy (non-hydrogen) atoms. The minimum absolute atomic E-state index is 0.0783. The van der Waals surface area contributed by atoms with E-state index in [0.717, 1.165) is 27.8 Å². The van der Waals surface area contributed by atoms with Gasteiger partial charge in [-0.2, -0.15) is 0 Å². The Morgan fingerprint density at radius 1 is 1.26 bits per heavy atom. The summed E-state index contributed by atoms with van der Waals surface area (Å²) in [6, 6.07) is 14.1. The van der Waals surface area contributed by atoms with Crippen LogP contribution < -0.4 is 10.9 Å². The molecule has 0 bridgehead atoms. The Morgan fingerprint density at radius 2 is 2.00 bits per heavy atom. The molecule has 0 saturated carbocycles. The number of halogens is 1. The summed E-state index contributed by atoms with van der Waals surface area (Å²) in [6.45, 7) is 3.66. The van der Waals surface area contributed by atoms with Gasteiger partial charge in [-0.05, 0) is 37.6 Å². The van der Waals surface area contributed by atoms with Crippen LogP contribution in [0.15, 0.2) is 58.5 Å². The van der Waals surface area contributed by atoms with E-state index in [1.54, 1.807) is 6.92 Å². The number of anilines is 1. The van der Waals surface area contributed by atoms with E-state index in [9.17, 15) is 14.7 Å². The zero-order valence-corrected chi connectivity index (χ0v) is 19.0. The number of benzene rings is 2. The Morgan fingerprint density at radius 3 is 2.74 bits per heavy atom. The third kappa shape index (κ3) is 4.46. The molecule has 4 rings (SSSR count). The smallest absolute Gasteiger partial charge is 0.260 e. The number of aryl methyl sites for hydroxylation is 1. The predicted octanol–water partition coefficient (Wildman–Crippen LogP) is 5.44. The highest BCUT2D eigenvalue weighted by Gasteiger charge is 2.20. The first-order valence-corrected chi connectivity index (χ1v) is 11.5. The molecular weight excluding hydrogens is 454 g/mol. The molecule has 158 valence electrons. The first-order chi connectivity index (χ1) is 14.8. The second kappa shape index (κ2) is 8.74. The van der Waals surface area contributed by atoms with Gasteiger partial charge in [0.15, 0.2) is 5.16 Å². The van der Waals surface area contributed by atoms with Gasteiger partial charge in [0.1, 0.15) is 10.6 Å². The molecule has 6 nitrogen and oxygen atoms in total. The average Bonchev–Trinajstić information content (AvgIpc) is 3.07. The summed E-state index contributed by atoms with van der Waals surface area (Å²) in [4.78, 5) is 34.5. The number of thioether (sulfide) groups is 1. The molecule has 2 heterocycles. The topological polar surface area (TPSA) is 95.1 Å². The van der Waals surface area contributed by atoms with Crippen molar-refractivity contribution >= 4 is 56.5 Å². The summed E-state index contributed by atoms with van der Waals surface area (Å²) >= 11 is 8.51. The minimum atomic E-state index is -0.575. The molecule has 0 radical (unpaired) electrons. The Kier molecular flexibility index (Phi) is 6.04. The number of carbonyl (C=O) groups excluding carboxylic acids is 1. The van der Waals surface area contributed by atoms with Gasteiger partial charge in [-0.1, -0.05) is 53.7 Å². The number of aromatic hydroxyl groups is 1. The van der Waals surface area contributed by atoms with Gasteiger partial charge < -0.3 is 15.4 Å². The Hall–Kier alpha value is -2.81. The number of aromatic amines is 1. The number of amides is 1. The third-order valence-electron chi connectivity index (χ3n) is 4.65. The summed E-state index contributed by atoms with van der Waals surface area (Å²) in [5, 5.41) is 13.3. The summed E-state index contributed by atoms with van der Waals surface area (Å²) < 4.78 is 0. The number of nitrogens with one attached hydrogen (secondary N) is 2. The summed E-state index contributed by atoms with van der Waals surface area (Å²) in [5.74, 6) is -0.428. The largest absolute Gasteiger partial charge is 0.506 e. The number of hydrogen-bond acceptors (Lipinski definition) is 6. The summed E-state index contributed by atoms with van der Waals surface area (Å²) in [6.07, 6.45) is 0. The fourth-order valence-corrected chi connectivity index (χ4v) is 5.24. The van der Waals surface area contributed by atoms with Gasteiger partial charge >= 0.3 is 0 Å². The van der Waals surface area contributed by atoms with Crippen molar-refractivity contribution in [2.75, 3.05) is 5.32 Å². The van der Waals surface area contributed by atoms with E-state index in [1.807, 2.05) is 37.3 Å². The lowest BCUT2D eigenvalue weighted by Gasteiger charge is -2.12. The molecule has 1 amide bonds. The number of nitrogens with zero attached hydrogens (tertiary/aromatic N) is 1. The van der Waals surface area contributed by atoms with E-state index >= 15 is 0 Å². The summed E-state index contributed by atoms with van der Waals surface area (Å²) in [7, 11) is 0. The Balaban J connectivity index is 1.60. The zero-order chi connectivity index (χ0) is 22.1. The van der Waals surface area contributed by atoms with Gasteiger partial charge in [-0.25, -0.2) is 4.98 Å². The number of fused-ring (bicyclic) bond motifs is 1. The van der Waals surface area contributed by atoms with E-state index in [-0.39, 0.29) is 22.9 Å². The van der Waals surface area contributed by atoms with Gasteiger partial charge in [-0.15, -0.1) is 11.3 Å². The van der Waals surface area contributed by atoms with Crippen molar-refractivity contribution in [3.05, 3.63) is 68.8 Å². The lowest BCUT2D eigenvalue weighted by atomic mass is 10.0. The molecule has 0 aliphatic heterocycles. The fourth-order valence-electron chi connectivity index (χ4n) is 3.17. The standard InChI is InChI=1S/C22H18ClN3O3S2/c1-11-17(13-6-4-3-5-7-13)18-20(29)25-22(26-21(18)30-11)31-12(2)19(28)24-15-10-14(23)8-9-16(15)27/h3-10,12,27H,1-2H3,(H,24,28)(H,25,26,29). The van der Waals surface area contributed by atoms with Crippen molar-refractivity contribution in [1.82, 2.24) is 9.97 Å². The number of hydrogen-bond donors (Lipinski definition) is 3. The molecule has 0 saturated heterocycles. The van der Waals surface area contributed by atoms with Crippen LogP contribution in [0.1, 0.15) is 11.8 Å². The van der Waals surface area contributed by atoms with Gasteiger partial charge in [0.2, 0.25) is 5.91 Å². The molecule has 0 aliphatic carbocycles. The highest BCUT2D eigenvalue weighted by atomic mass is 35.5. The van der Waals surface area contributed by atoms with Gasteiger partial charge in [0.25, 0.3) is 5.56 Å². The number of H-pyrrole nitrogens is 1. The molecule has 2 aromatic carbocycles. The molecule has 3 N–H and O–H groups in total. The molecule has 0 fully saturated rings. The van der Waals surface area contributed by atoms with E-state index in [2.05, 4.69) is 15.3 Å². The zero-order valence-electron chi connectivity index (χ0n) is 16.6. The van der Waals surface area contributed by atoms with Crippen LogP contribution in [-0.2, 0) is 4.79 Å². The van der Waals surface area contributed by atoms with Crippen LogP contribution in [0.3, 0.4) is 0 Å². The van der Waals surface area contributed by atoms with Crippen molar-refractivity contribution in [3.63, 3.8) is 0 Å². The first kappa shape index (κ1) is 21.4. The average molecular weight is 472 g/mol. The van der Waals surface area contributed by atoms with E-state index in [0.29, 0.717) is 20.4 Å². The second-order valence-corrected chi connectivity index (χ2v) is 9.83. The van der Waals surface area contributed by atoms with Crippen LogP contribution in [-0.4, -0.2) is 26.2 Å². The number of rotatable bonds is 5. The fraction of sp³-hybridized carbons (Fsp3) is 0.136. The van der Waals surface area contributed by atoms with Crippen LogP contribution >= 0.6 is 34.7 Å². The minimum Gasteiger partial charge on any atom is -0.506 e. The van der Waals surface area contributed by atoms with Crippen LogP contribution in [0, 0.1) is 6.92 Å². The van der Waals surface area contributed by atoms with E-state index in [1.165, 1.54) is 29.5 Å². The van der Waals surface area contributed by atoms with E-state index in [4.69, 9.17) is 11.6 Å². The lowest BCUT2D eigenvalue weighted by molar-refractivity contribution is -0.115. The Labute approximate surface area is 191 Å². The molecule has 2 aromatic heterocycles. The quantitative estimate of drug-likeness (QED) is 0.205. The number of phenols is 1. The maximum Gasteiger partial charge on any atom is 0.260 e. The third-order valence-corrected chi connectivity index (χ3v) is 6.87. The highest BCUT2D eigenvalue weighted by molar-refractivity contribution is 8.00. The van der Waals surface area contributed by atoms with Crippen LogP contribution in [0.2, 0.25) is 5.02 Å². The van der Waals surface area contributed by atoms with Gasteiger partial charge in [-0.3, -0.25) is 9.59 Å². The maximum atomic E-state index is 12.9. The van der Waals surface area contributed by atoms with E-state index < -0.39 is 5.25 Å². The summed E-state index contributed by atoms with van der Waals surface area (Å²) in [5.41, 5.74) is 1.83. The first-order valence-electron chi connectivity index (χ1n) is 9.38. The monoisotopic (exact) mass is 471 g/mol. The van der Waals surface area contributed by atoms with Crippen molar-refractivity contribution < 1.29 is 9.90 Å². The predicted molar refractivity (Wildman–Crippen MR) is 127 cm³/mol. The number of thiophene rings is 1. The number of carbonyl (C=O) groups is 1. The molecule has 1 atom stereocenters. The van der Waals surface area contributed by atoms with Crippen molar-refractivity contribution in [2.24, 2.45) is 0 Å². The molecule has 4 aromatic rings. The highest BCUT2D eigenvalue weighted by Crippen LogP contribution is 2.36. The van der Waals surface area contributed by atoms with Crippen molar-refractivity contribution in [3.8, 4) is 16.9 Å². The van der Waals surface area contributed by atoms with Crippen LogP contribution in [0.4, 0.5) is 5.69 Å². The maximum absolute atomic E-state index is 12.9. The van der Waals surface area contributed by atoms with Gasteiger partial charge in [0.05, 0.1) is 16.3 Å². The normalized spacial score (nSPS) is 12.1. The molecule has 9 heteroatoms. The number of phenolic OH excluding ortho intramolecular Hbond substituents is 1. The Bertz CT molecular complexity index is 1340. The molecular formula is C22H18ClN3O3S2. The van der Waals surface area contributed by atoms with Crippen molar-refractivity contribution in [1.29, 1.82) is 0 Å². The van der Waals surface area contributed by atoms with Crippen molar-refractivity contribution in [2.45, 2.75) is 24.3 Å². The SMILES string of the molecule is Cc1sc2nc(SC(C)C(=O)Nc3cc(Cl)ccc3O)[nH]c(=O)c2c1-c1ccccc1. The van der Waals surface area contributed by atoms with Gasteiger partial charge in [0, 0.05) is 15.5 Å².